The average molecular weight is 270 g/mol. The highest BCUT2D eigenvalue weighted by Crippen LogP contribution is 2.24. The molecule has 0 spiro atoms. The quantitative estimate of drug-likeness (QED) is 0.588. The average Bonchev–Trinajstić information content (AvgIpc) is 2.45. The summed E-state index contributed by atoms with van der Waals surface area (Å²) in [6, 6.07) is 6.99. The van der Waals surface area contributed by atoms with Crippen molar-refractivity contribution < 1.29 is 14.4 Å². The van der Waals surface area contributed by atoms with Crippen molar-refractivity contribution in [3.05, 3.63) is 41.0 Å². The van der Waals surface area contributed by atoms with Crippen LogP contribution in [0.3, 0.4) is 0 Å². The molecule has 0 N–H and O–H groups in total. The van der Waals surface area contributed by atoms with Crippen LogP contribution in [-0.2, 0) is 9.59 Å². The van der Waals surface area contributed by atoms with E-state index in [1.807, 2.05) is 6.07 Å². The SMILES string of the molecule is CCCCCC(=O)CC1=Cc2ccccc2C(=O)C1=O. The number of allylic oxidation sites excluding steroid dienone is 1. The summed E-state index contributed by atoms with van der Waals surface area (Å²) >= 11 is 0. The third kappa shape index (κ3) is 3.10. The molecule has 0 atom stereocenters. The number of Topliss-reactive ketones (excluding diaryl/α,β-unsaturated/α-hetero) is 3. The second kappa shape index (κ2) is 6.42. The van der Waals surface area contributed by atoms with Gasteiger partial charge in [-0.15, -0.1) is 0 Å². The molecule has 0 radical (unpaired) electrons. The highest BCUT2D eigenvalue weighted by atomic mass is 16.2. The first-order valence-corrected chi connectivity index (χ1v) is 7.03. The lowest BCUT2D eigenvalue weighted by Crippen LogP contribution is -2.22. The maximum Gasteiger partial charge on any atom is 0.233 e. The molecule has 104 valence electrons. The van der Waals surface area contributed by atoms with Gasteiger partial charge < -0.3 is 0 Å². The summed E-state index contributed by atoms with van der Waals surface area (Å²) < 4.78 is 0. The van der Waals surface area contributed by atoms with E-state index in [-0.39, 0.29) is 12.2 Å². The van der Waals surface area contributed by atoms with Crippen LogP contribution in [0.2, 0.25) is 0 Å². The Morgan fingerprint density at radius 1 is 1.05 bits per heavy atom. The van der Waals surface area contributed by atoms with E-state index in [9.17, 15) is 14.4 Å². The van der Waals surface area contributed by atoms with Crippen LogP contribution in [0.4, 0.5) is 0 Å². The number of benzene rings is 1. The second-order valence-electron chi connectivity index (χ2n) is 5.09. The minimum Gasteiger partial charge on any atom is -0.299 e. The van der Waals surface area contributed by atoms with Gasteiger partial charge in [0.1, 0.15) is 5.78 Å². The van der Waals surface area contributed by atoms with Gasteiger partial charge in [-0.05, 0) is 18.1 Å². The molecular formula is C17H18O3. The first-order chi connectivity index (χ1) is 9.63. The van der Waals surface area contributed by atoms with E-state index in [0.29, 0.717) is 17.6 Å². The molecule has 0 saturated heterocycles. The molecular weight excluding hydrogens is 252 g/mol. The number of rotatable bonds is 6. The van der Waals surface area contributed by atoms with Gasteiger partial charge in [0.15, 0.2) is 0 Å². The van der Waals surface area contributed by atoms with Crippen molar-refractivity contribution in [3.63, 3.8) is 0 Å². The number of hydrogen-bond acceptors (Lipinski definition) is 3. The molecule has 0 aliphatic heterocycles. The Kier molecular flexibility index (Phi) is 4.61. The number of unbranched alkanes of at least 4 members (excludes halogenated alkanes) is 2. The molecule has 1 aliphatic carbocycles. The highest BCUT2D eigenvalue weighted by molar-refractivity contribution is 6.52. The van der Waals surface area contributed by atoms with E-state index in [0.717, 1.165) is 24.8 Å². The van der Waals surface area contributed by atoms with Crippen LogP contribution in [0.5, 0.6) is 0 Å². The van der Waals surface area contributed by atoms with Crippen molar-refractivity contribution in [3.8, 4) is 0 Å². The maximum absolute atomic E-state index is 12.0. The summed E-state index contributed by atoms with van der Waals surface area (Å²) in [6.45, 7) is 2.08. The van der Waals surface area contributed by atoms with E-state index in [1.54, 1.807) is 24.3 Å². The molecule has 0 amide bonds. The summed E-state index contributed by atoms with van der Waals surface area (Å²) in [5.74, 6) is -1.00. The molecule has 0 unspecified atom stereocenters. The van der Waals surface area contributed by atoms with Crippen LogP contribution in [0.25, 0.3) is 6.08 Å². The summed E-state index contributed by atoms with van der Waals surface area (Å²) in [6.07, 6.45) is 5.15. The Bertz CT molecular complexity index is 582. The third-order valence-corrected chi connectivity index (χ3v) is 3.48. The lowest BCUT2D eigenvalue weighted by atomic mass is 9.87. The molecule has 3 nitrogen and oxygen atoms in total. The fourth-order valence-corrected chi connectivity index (χ4v) is 2.36. The monoisotopic (exact) mass is 270 g/mol. The molecule has 0 bridgehead atoms. The number of hydrogen-bond donors (Lipinski definition) is 0. The van der Waals surface area contributed by atoms with E-state index < -0.39 is 11.6 Å². The fraction of sp³-hybridized carbons (Fsp3) is 0.353. The third-order valence-electron chi connectivity index (χ3n) is 3.48. The highest BCUT2D eigenvalue weighted by Gasteiger charge is 2.27. The Balaban J connectivity index is 2.12. The predicted octanol–water partition coefficient (Wildman–Crippen LogP) is 3.37. The minimum absolute atomic E-state index is 0.0326. The van der Waals surface area contributed by atoms with Gasteiger partial charge in [-0.2, -0.15) is 0 Å². The van der Waals surface area contributed by atoms with Crippen molar-refractivity contribution in [1.29, 1.82) is 0 Å². The molecule has 2 rings (SSSR count). The van der Waals surface area contributed by atoms with Gasteiger partial charge >= 0.3 is 0 Å². The van der Waals surface area contributed by atoms with Crippen LogP contribution in [0, 0.1) is 0 Å². The molecule has 3 heteroatoms. The van der Waals surface area contributed by atoms with Crippen LogP contribution < -0.4 is 0 Å². The van der Waals surface area contributed by atoms with Crippen LogP contribution in [-0.4, -0.2) is 17.3 Å². The largest absolute Gasteiger partial charge is 0.299 e. The number of ketones is 3. The Morgan fingerprint density at radius 2 is 1.80 bits per heavy atom. The Morgan fingerprint density at radius 3 is 2.55 bits per heavy atom. The standard InChI is InChI=1S/C17H18O3/c1-2-3-4-8-14(18)11-13-10-12-7-5-6-9-15(12)17(20)16(13)19/h5-7,9-10H,2-4,8,11H2,1H3. The zero-order chi connectivity index (χ0) is 14.5. The normalized spacial score (nSPS) is 13.9. The van der Waals surface area contributed by atoms with Gasteiger partial charge in [0.05, 0.1) is 0 Å². The maximum atomic E-state index is 12.0. The van der Waals surface area contributed by atoms with Gasteiger partial charge in [-0.3, -0.25) is 14.4 Å². The van der Waals surface area contributed by atoms with Gasteiger partial charge in [-0.25, -0.2) is 0 Å². The van der Waals surface area contributed by atoms with E-state index in [4.69, 9.17) is 0 Å². The molecule has 1 aromatic rings. The minimum atomic E-state index is -0.535. The molecule has 1 aromatic carbocycles. The second-order valence-corrected chi connectivity index (χ2v) is 5.09. The van der Waals surface area contributed by atoms with E-state index in [1.165, 1.54) is 0 Å². The lowest BCUT2D eigenvalue weighted by molar-refractivity contribution is -0.120. The van der Waals surface area contributed by atoms with Crippen molar-refractivity contribution >= 4 is 23.4 Å². The van der Waals surface area contributed by atoms with Gasteiger partial charge in [0, 0.05) is 24.0 Å². The number of carbonyl (C=O) groups is 3. The predicted molar refractivity (Wildman–Crippen MR) is 77.5 cm³/mol. The van der Waals surface area contributed by atoms with E-state index in [2.05, 4.69) is 6.92 Å². The van der Waals surface area contributed by atoms with Crippen molar-refractivity contribution in [2.75, 3.05) is 0 Å². The molecule has 0 saturated carbocycles. The molecule has 20 heavy (non-hydrogen) atoms. The zero-order valence-corrected chi connectivity index (χ0v) is 11.6. The van der Waals surface area contributed by atoms with Crippen LogP contribution in [0.1, 0.15) is 54.9 Å². The van der Waals surface area contributed by atoms with Crippen molar-refractivity contribution in [2.24, 2.45) is 0 Å². The first-order valence-electron chi connectivity index (χ1n) is 7.03. The van der Waals surface area contributed by atoms with Gasteiger partial charge in [-0.1, -0.05) is 44.0 Å². The first kappa shape index (κ1) is 14.4. The number of carbonyl (C=O) groups excluding carboxylic acids is 3. The fourth-order valence-electron chi connectivity index (χ4n) is 2.36. The van der Waals surface area contributed by atoms with Crippen LogP contribution >= 0.6 is 0 Å². The Labute approximate surface area is 118 Å². The molecule has 0 fully saturated rings. The molecule has 0 aromatic heterocycles. The topological polar surface area (TPSA) is 51.2 Å². The summed E-state index contributed by atoms with van der Waals surface area (Å²) in [5, 5.41) is 0. The summed E-state index contributed by atoms with van der Waals surface area (Å²) in [7, 11) is 0. The van der Waals surface area contributed by atoms with Crippen LogP contribution in [0.15, 0.2) is 29.8 Å². The number of fused-ring (bicyclic) bond motifs is 1. The summed E-state index contributed by atoms with van der Waals surface area (Å²) in [4.78, 5) is 35.8. The van der Waals surface area contributed by atoms with Crippen molar-refractivity contribution in [1.82, 2.24) is 0 Å². The molecule has 1 aliphatic rings. The van der Waals surface area contributed by atoms with Gasteiger partial charge in [0.2, 0.25) is 11.6 Å². The molecule has 0 heterocycles. The Hall–Kier alpha value is -2.03. The summed E-state index contributed by atoms with van der Waals surface area (Å²) in [5.41, 5.74) is 1.49. The van der Waals surface area contributed by atoms with E-state index >= 15 is 0 Å². The van der Waals surface area contributed by atoms with Crippen molar-refractivity contribution in [2.45, 2.75) is 39.0 Å². The zero-order valence-electron chi connectivity index (χ0n) is 11.6. The smallest absolute Gasteiger partial charge is 0.233 e. The lowest BCUT2D eigenvalue weighted by Gasteiger charge is -2.13. The van der Waals surface area contributed by atoms with Gasteiger partial charge in [0.25, 0.3) is 0 Å².